The number of aliphatic hydroxyl groups excluding tert-OH is 1. The highest BCUT2D eigenvalue weighted by Gasteiger charge is 2.41. The molecule has 0 radical (unpaired) electrons. The maximum atomic E-state index is 11.9. The van der Waals surface area contributed by atoms with Crippen molar-refractivity contribution < 1.29 is 19.5 Å². The van der Waals surface area contributed by atoms with Crippen molar-refractivity contribution in [3.8, 4) is 0 Å². The fourth-order valence-electron chi connectivity index (χ4n) is 3.18. The number of carbonyl (C=O) groups excluding carboxylic acids is 1. The lowest BCUT2D eigenvalue weighted by molar-refractivity contribution is -0.928. The van der Waals surface area contributed by atoms with Crippen molar-refractivity contribution >= 4 is 24.0 Å². The zero-order chi connectivity index (χ0) is 16.7. The van der Waals surface area contributed by atoms with E-state index in [9.17, 15) is 9.90 Å². The molecule has 2 aromatic rings. The number of rotatable bonds is 3. The third kappa shape index (κ3) is 2.87. The quantitative estimate of drug-likeness (QED) is 0.553. The second-order valence-electron chi connectivity index (χ2n) is 5.94. The minimum absolute atomic E-state index is 0.322. The number of aromatic nitrogens is 4. The van der Waals surface area contributed by atoms with Gasteiger partial charge in [0.15, 0.2) is 12.7 Å². The lowest BCUT2D eigenvalue weighted by Crippen LogP contribution is -3.14. The Kier molecular flexibility index (Phi) is 4.17. The summed E-state index contributed by atoms with van der Waals surface area (Å²) < 4.78 is 8.83. The number of nitrogens with one attached hydrogen (secondary N) is 1. The summed E-state index contributed by atoms with van der Waals surface area (Å²) in [5.41, 5.74) is 1.84. The molecule has 2 aromatic heterocycles. The van der Waals surface area contributed by atoms with Crippen molar-refractivity contribution in [1.82, 2.24) is 19.2 Å². The average Bonchev–Trinajstić information content (AvgIpc) is 2.99. The number of methoxy groups -OCH3 is 1. The summed E-state index contributed by atoms with van der Waals surface area (Å²) in [4.78, 5) is 17.2. The highest BCUT2D eigenvalue weighted by molar-refractivity contribution is 7.71. The molecule has 1 aliphatic heterocycles. The van der Waals surface area contributed by atoms with Gasteiger partial charge in [-0.1, -0.05) is 0 Å². The molecule has 0 bridgehead atoms. The van der Waals surface area contributed by atoms with Crippen LogP contribution < -0.4 is 4.90 Å². The maximum Gasteiger partial charge on any atom is 0.364 e. The number of aryl methyl sites for hydroxylation is 2. The van der Waals surface area contributed by atoms with Crippen LogP contribution in [0.5, 0.6) is 0 Å². The molecule has 9 heteroatoms. The predicted molar refractivity (Wildman–Crippen MR) is 83.5 cm³/mol. The van der Waals surface area contributed by atoms with Gasteiger partial charge >= 0.3 is 5.97 Å². The smallest absolute Gasteiger partial charge is 0.364 e. The summed E-state index contributed by atoms with van der Waals surface area (Å²) in [6.45, 7) is 4.70. The molecule has 124 valence electrons. The molecule has 2 N–H and O–H groups in total. The Hall–Kier alpha value is -1.84. The van der Waals surface area contributed by atoms with Gasteiger partial charge in [0.1, 0.15) is 12.6 Å². The van der Waals surface area contributed by atoms with Crippen LogP contribution in [-0.2, 0) is 16.2 Å². The van der Waals surface area contributed by atoms with E-state index in [4.69, 9.17) is 17.0 Å². The fraction of sp³-hybridized carbons (Fsp3) is 0.571. The van der Waals surface area contributed by atoms with Crippen molar-refractivity contribution in [3.63, 3.8) is 0 Å². The Morgan fingerprint density at radius 3 is 3.00 bits per heavy atom. The number of quaternary nitrogens is 1. The van der Waals surface area contributed by atoms with Gasteiger partial charge in [-0.2, -0.15) is 4.68 Å². The van der Waals surface area contributed by atoms with Crippen molar-refractivity contribution in [3.05, 3.63) is 22.2 Å². The molecular formula is C14H20N5O3S+. The average molecular weight is 338 g/mol. The Balaban J connectivity index is 1.95. The second-order valence-corrected chi connectivity index (χ2v) is 6.31. The van der Waals surface area contributed by atoms with Gasteiger partial charge in [0.05, 0.1) is 7.11 Å². The van der Waals surface area contributed by atoms with Crippen LogP contribution in [0.2, 0.25) is 0 Å². The molecule has 0 aliphatic carbocycles. The highest BCUT2D eigenvalue weighted by atomic mass is 32.1. The third-order valence-corrected chi connectivity index (χ3v) is 4.60. The number of carbonyl (C=O) groups is 1. The Morgan fingerprint density at radius 2 is 2.30 bits per heavy atom. The summed E-state index contributed by atoms with van der Waals surface area (Å²) in [6, 6.07) is 1.54. The summed E-state index contributed by atoms with van der Waals surface area (Å²) in [5, 5.41) is 14.3. The fourth-order valence-corrected chi connectivity index (χ4v) is 3.51. The molecule has 1 fully saturated rings. The van der Waals surface area contributed by atoms with Gasteiger partial charge in [-0.3, -0.25) is 4.40 Å². The number of nitrogens with zero attached hydrogens (tertiary/aromatic N) is 4. The highest BCUT2D eigenvalue weighted by Crippen LogP contribution is 2.08. The first-order valence-electron chi connectivity index (χ1n) is 7.45. The second kappa shape index (κ2) is 5.99. The van der Waals surface area contributed by atoms with E-state index in [1.807, 2.05) is 19.9 Å². The molecule has 23 heavy (non-hydrogen) atoms. The molecule has 1 unspecified atom stereocenters. The number of ether oxygens (including phenoxy) is 1. The van der Waals surface area contributed by atoms with Gasteiger partial charge in [-0.05, 0) is 32.1 Å². The van der Waals surface area contributed by atoms with Crippen molar-refractivity contribution in [1.29, 1.82) is 0 Å². The summed E-state index contributed by atoms with van der Waals surface area (Å²) in [6.07, 6.45) is -0.138. The van der Waals surface area contributed by atoms with Gasteiger partial charge < -0.3 is 14.7 Å². The number of hydrogen-bond donors (Lipinski definition) is 2. The van der Waals surface area contributed by atoms with Gasteiger partial charge in [-0.25, -0.2) is 9.78 Å². The third-order valence-electron chi connectivity index (χ3n) is 4.21. The number of hydrogen-bond acceptors (Lipinski definition) is 6. The van der Waals surface area contributed by atoms with E-state index < -0.39 is 12.1 Å². The molecule has 1 saturated heterocycles. The maximum absolute atomic E-state index is 11.9. The first-order valence-corrected chi connectivity index (χ1v) is 7.86. The van der Waals surface area contributed by atoms with Crippen molar-refractivity contribution in [2.24, 2.45) is 0 Å². The standard InChI is InChI=1S/C14H19N5O3S/c1-8-4-9(2)19-13(15-8)16-18(14(19)23)7-17-6-10(20)5-11(17)12(21)22-3/h4,10-11,20H,5-7H2,1-3H3/p+1/t10-,11+/m1/s1. The molecule has 0 amide bonds. The minimum Gasteiger partial charge on any atom is -0.465 e. The Bertz CT molecular complexity index is 815. The van der Waals surface area contributed by atoms with Crippen LogP contribution in [0, 0.1) is 18.6 Å². The van der Waals surface area contributed by atoms with E-state index in [2.05, 4.69) is 10.1 Å². The largest absolute Gasteiger partial charge is 0.465 e. The number of fused-ring (bicyclic) bond motifs is 1. The summed E-state index contributed by atoms with van der Waals surface area (Å²) in [5.74, 6) is 0.221. The van der Waals surface area contributed by atoms with E-state index in [0.29, 0.717) is 30.2 Å². The molecule has 0 spiro atoms. The lowest BCUT2D eigenvalue weighted by atomic mass is 10.2. The number of esters is 1. The Labute approximate surface area is 138 Å². The van der Waals surface area contributed by atoms with Crippen molar-refractivity contribution in [2.45, 2.75) is 39.1 Å². The molecular weight excluding hydrogens is 318 g/mol. The minimum atomic E-state index is -0.526. The van der Waals surface area contributed by atoms with E-state index in [-0.39, 0.29) is 5.97 Å². The van der Waals surface area contributed by atoms with Crippen molar-refractivity contribution in [2.75, 3.05) is 13.7 Å². The van der Waals surface area contributed by atoms with Gasteiger partial charge in [0.2, 0.25) is 4.77 Å². The van der Waals surface area contributed by atoms with Gasteiger partial charge in [-0.15, -0.1) is 5.10 Å². The van der Waals surface area contributed by atoms with Gasteiger partial charge in [0, 0.05) is 17.8 Å². The SMILES string of the molecule is COC(=O)[C@@H]1C[C@@H](O)C[NH+]1Cn1nc2nc(C)cc(C)n2c1=S. The first kappa shape index (κ1) is 16.0. The Morgan fingerprint density at radius 1 is 1.57 bits per heavy atom. The molecule has 3 atom stereocenters. The molecule has 0 saturated carbocycles. The van der Waals surface area contributed by atoms with E-state index in [0.717, 1.165) is 16.3 Å². The van der Waals surface area contributed by atoms with E-state index in [1.165, 1.54) is 7.11 Å². The lowest BCUT2D eigenvalue weighted by Gasteiger charge is -2.18. The normalized spacial score (nSPS) is 24.3. The number of aliphatic hydroxyl groups is 1. The molecule has 0 aromatic carbocycles. The predicted octanol–water partition coefficient (Wildman–Crippen LogP) is -0.974. The molecule has 3 rings (SSSR count). The molecule has 8 nitrogen and oxygen atoms in total. The summed E-state index contributed by atoms with van der Waals surface area (Å²) >= 11 is 5.49. The van der Waals surface area contributed by atoms with Crippen LogP contribution in [0.1, 0.15) is 17.8 Å². The van der Waals surface area contributed by atoms with E-state index >= 15 is 0 Å². The van der Waals surface area contributed by atoms with Crippen LogP contribution >= 0.6 is 12.2 Å². The van der Waals surface area contributed by atoms with Crippen LogP contribution in [0.4, 0.5) is 0 Å². The topological polar surface area (TPSA) is 86.1 Å². The monoisotopic (exact) mass is 338 g/mol. The van der Waals surface area contributed by atoms with Crippen LogP contribution in [0.15, 0.2) is 6.07 Å². The molecule has 1 aliphatic rings. The zero-order valence-electron chi connectivity index (χ0n) is 13.3. The molecule has 3 heterocycles. The van der Waals surface area contributed by atoms with Crippen LogP contribution in [-0.4, -0.2) is 56.0 Å². The van der Waals surface area contributed by atoms with E-state index in [1.54, 1.807) is 9.08 Å². The summed E-state index contributed by atoms with van der Waals surface area (Å²) in [7, 11) is 1.36. The van der Waals surface area contributed by atoms with Gasteiger partial charge in [0.25, 0.3) is 5.78 Å². The number of likely N-dealkylation sites (tertiary alicyclic amines) is 1. The van der Waals surface area contributed by atoms with Crippen LogP contribution in [0.3, 0.4) is 0 Å². The zero-order valence-corrected chi connectivity index (χ0v) is 14.1. The first-order chi connectivity index (χ1) is 10.9. The van der Waals surface area contributed by atoms with Crippen LogP contribution in [0.25, 0.3) is 5.78 Å².